The Labute approximate surface area is 41.0 Å². The van der Waals surface area contributed by atoms with Gasteiger partial charge in [0.05, 0.1) is 0 Å². The molecule has 40 valence electrons. The number of rotatable bonds is 2. The summed E-state index contributed by atoms with van der Waals surface area (Å²) in [7, 11) is 0. The first kappa shape index (κ1) is 5.74. The third kappa shape index (κ3) is 4.74. The summed E-state index contributed by atoms with van der Waals surface area (Å²) in [5.41, 5.74) is 7.20. The van der Waals surface area contributed by atoms with E-state index in [4.69, 9.17) is 5.73 Å². The molecule has 0 radical (unpaired) electrons. The molecular weight excluding hydrogens is 94.1 g/mol. The highest BCUT2D eigenvalue weighted by atomic mass is 15.5. The summed E-state index contributed by atoms with van der Waals surface area (Å²) in [6.07, 6.45) is 2.69. The summed E-state index contributed by atoms with van der Waals surface area (Å²) in [5.74, 6) is 4.59. The lowest BCUT2D eigenvalue weighted by Gasteiger charge is -1.79. The summed E-state index contributed by atoms with van der Waals surface area (Å²) in [5, 5.41) is 6.03. The van der Waals surface area contributed by atoms with Crippen molar-refractivity contribution in [2.75, 3.05) is 0 Å². The zero-order valence-electron chi connectivity index (χ0n) is 3.70. The maximum atomic E-state index is 4.88. The van der Waals surface area contributed by atoms with Crippen molar-refractivity contribution in [1.82, 2.24) is 5.43 Å². The van der Waals surface area contributed by atoms with Gasteiger partial charge < -0.3 is 11.6 Å². The molecule has 0 saturated heterocycles. The van der Waals surface area contributed by atoms with Crippen molar-refractivity contribution in [3.8, 4) is 0 Å². The van der Waals surface area contributed by atoms with Crippen LogP contribution < -0.4 is 17.0 Å². The fourth-order valence-corrected chi connectivity index (χ4v) is 0.110. The molecule has 0 aromatic rings. The summed E-state index contributed by atoms with van der Waals surface area (Å²) in [6, 6.07) is 0. The Balaban J connectivity index is 2.98. The molecule has 0 spiro atoms. The molecule has 0 unspecified atom stereocenters. The van der Waals surface area contributed by atoms with E-state index in [1.807, 2.05) is 0 Å². The van der Waals surface area contributed by atoms with E-state index in [1.165, 1.54) is 12.4 Å². The molecule has 5 nitrogen and oxygen atoms in total. The van der Waals surface area contributed by atoms with Crippen LogP contribution in [0.2, 0.25) is 0 Å². The molecule has 0 amide bonds. The molecule has 0 aliphatic rings. The average Bonchev–Trinajstić information content (AvgIpc) is 1.69. The minimum atomic E-state index is 1.29. The van der Waals surface area contributed by atoms with Gasteiger partial charge in [0, 0.05) is 12.4 Å². The van der Waals surface area contributed by atoms with Crippen molar-refractivity contribution < 1.29 is 0 Å². The predicted octanol–water partition coefficient (Wildman–Crippen LogP) is -0.753. The predicted molar refractivity (Wildman–Crippen MR) is 25.5 cm³/mol. The normalized spacial score (nSPS) is 10.9. The molecule has 0 heterocycles. The van der Waals surface area contributed by atoms with Gasteiger partial charge in [0.2, 0.25) is 0 Å². The second kappa shape index (κ2) is 4.74. The zero-order valence-corrected chi connectivity index (χ0v) is 3.70. The van der Waals surface area contributed by atoms with E-state index in [0.29, 0.717) is 0 Å². The van der Waals surface area contributed by atoms with Gasteiger partial charge in [-0.25, -0.2) is 0 Å². The van der Waals surface area contributed by atoms with E-state index in [0.717, 1.165) is 0 Å². The van der Waals surface area contributed by atoms with Gasteiger partial charge in [-0.05, 0) is 0 Å². The standard InChI is InChI=1S/C2H7N5/c3-1-2-5-7-6-4/h1-2H,3H2,(H2,4,7)(H,5,6). The number of hydrogen-bond acceptors (Lipinski definition) is 3. The minimum absolute atomic E-state index is 1.29. The molecule has 5 heteroatoms. The van der Waals surface area contributed by atoms with Gasteiger partial charge in [-0.2, -0.15) is 0 Å². The van der Waals surface area contributed by atoms with Crippen LogP contribution >= 0.6 is 0 Å². The van der Waals surface area contributed by atoms with Crippen LogP contribution in [0.5, 0.6) is 0 Å². The van der Waals surface area contributed by atoms with E-state index >= 15 is 0 Å². The highest BCUT2D eigenvalue weighted by molar-refractivity contribution is 4.68. The fourth-order valence-electron chi connectivity index (χ4n) is 0.110. The Morgan fingerprint density at radius 1 is 1.57 bits per heavy atom. The lowest BCUT2D eigenvalue weighted by molar-refractivity contribution is 0.821. The van der Waals surface area contributed by atoms with Gasteiger partial charge >= 0.3 is 0 Å². The van der Waals surface area contributed by atoms with Crippen LogP contribution in [-0.2, 0) is 0 Å². The third-order valence-corrected chi connectivity index (χ3v) is 0.286. The van der Waals surface area contributed by atoms with Crippen molar-refractivity contribution in [1.29, 1.82) is 0 Å². The lowest BCUT2D eigenvalue weighted by Crippen LogP contribution is -1.94. The minimum Gasteiger partial charge on any atom is -0.403 e. The van der Waals surface area contributed by atoms with Crippen LogP contribution in [-0.4, -0.2) is 0 Å². The Morgan fingerprint density at radius 3 is 2.71 bits per heavy atom. The number of hydrogen-bond donors (Lipinski definition) is 3. The Hall–Kier alpha value is -1.26. The van der Waals surface area contributed by atoms with Crippen LogP contribution in [0.1, 0.15) is 0 Å². The van der Waals surface area contributed by atoms with Crippen molar-refractivity contribution in [2.45, 2.75) is 0 Å². The topological polar surface area (TPSA) is 88.8 Å². The van der Waals surface area contributed by atoms with Gasteiger partial charge in [-0.15, -0.1) is 0 Å². The quantitative estimate of drug-likeness (QED) is 0.243. The van der Waals surface area contributed by atoms with E-state index in [1.54, 1.807) is 0 Å². The Morgan fingerprint density at radius 2 is 2.29 bits per heavy atom. The molecule has 0 atom stereocenters. The number of nitrogens with one attached hydrogen (secondary N) is 1. The molecular formula is C2H7N5. The highest BCUT2D eigenvalue weighted by Crippen LogP contribution is 1.56. The van der Waals surface area contributed by atoms with Gasteiger partial charge in [-0.1, -0.05) is 10.4 Å². The zero-order chi connectivity index (χ0) is 5.54. The summed E-state index contributed by atoms with van der Waals surface area (Å²) in [4.78, 5) is 0. The molecule has 0 aromatic heterocycles. The molecule has 0 bridgehead atoms. The molecule has 0 saturated carbocycles. The van der Waals surface area contributed by atoms with Crippen LogP contribution in [0.3, 0.4) is 0 Å². The Bertz CT molecular complexity index is 64.1. The summed E-state index contributed by atoms with van der Waals surface area (Å²) >= 11 is 0. The molecule has 0 rings (SSSR count). The smallest absolute Gasteiger partial charge is 0.0372 e. The van der Waals surface area contributed by atoms with Crippen molar-refractivity contribution >= 4 is 0 Å². The molecule has 7 heavy (non-hydrogen) atoms. The second-order valence-corrected chi connectivity index (χ2v) is 0.704. The molecule has 0 aliphatic carbocycles. The van der Waals surface area contributed by atoms with Gasteiger partial charge in [0.15, 0.2) is 0 Å². The largest absolute Gasteiger partial charge is 0.403 e. The van der Waals surface area contributed by atoms with Gasteiger partial charge in [0.25, 0.3) is 0 Å². The first-order chi connectivity index (χ1) is 3.41. The van der Waals surface area contributed by atoms with Gasteiger partial charge in [0.1, 0.15) is 0 Å². The summed E-state index contributed by atoms with van der Waals surface area (Å²) in [6.45, 7) is 0. The van der Waals surface area contributed by atoms with Crippen LogP contribution in [0.15, 0.2) is 22.8 Å². The van der Waals surface area contributed by atoms with Crippen LogP contribution in [0, 0.1) is 0 Å². The number of nitrogens with zero attached hydrogens (tertiary/aromatic N) is 2. The SMILES string of the molecule is NC=CN/N=N/N. The average molecular weight is 101 g/mol. The van der Waals surface area contributed by atoms with Crippen LogP contribution in [0.25, 0.3) is 0 Å². The van der Waals surface area contributed by atoms with E-state index in [2.05, 4.69) is 21.7 Å². The first-order valence-corrected chi connectivity index (χ1v) is 1.64. The van der Waals surface area contributed by atoms with Crippen molar-refractivity contribution in [3.05, 3.63) is 12.4 Å². The van der Waals surface area contributed by atoms with E-state index in [-0.39, 0.29) is 0 Å². The highest BCUT2D eigenvalue weighted by Gasteiger charge is 1.56. The maximum absolute atomic E-state index is 4.88. The maximum Gasteiger partial charge on any atom is 0.0372 e. The Kier molecular flexibility index (Phi) is 3.89. The summed E-state index contributed by atoms with van der Waals surface area (Å²) < 4.78 is 0. The van der Waals surface area contributed by atoms with E-state index < -0.39 is 0 Å². The van der Waals surface area contributed by atoms with Crippen molar-refractivity contribution in [2.24, 2.45) is 22.0 Å². The fraction of sp³-hybridized carbons (Fsp3) is 0. The third-order valence-electron chi connectivity index (χ3n) is 0.286. The lowest BCUT2D eigenvalue weighted by atomic mass is 11.0. The van der Waals surface area contributed by atoms with Gasteiger partial charge in [-0.3, -0.25) is 5.43 Å². The van der Waals surface area contributed by atoms with Crippen molar-refractivity contribution in [3.63, 3.8) is 0 Å². The second-order valence-electron chi connectivity index (χ2n) is 0.704. The molecule has 0 aliphatic heterocycles. The monoisotopic (exact) mass is 101 g/mol. The van der Waals surface area contributed by atoms with Crippen LogP contribution in [0.4, 0.5) is 0 Å². The first-order valence-electron chi connectivity index (χ1n) is 1.64. The number of nitrogens with two attached hydrogens (primary N) is 2. The molecule has 0 aromatic carbocycles. The molecule has 0 fully saturated rings. The van der Waals surface area contributed by atoms with E-state index in [9.17, 15) is 0 Å². The molecule has 5 N–H and O–H groups in total.